The molecule has 0 aliphatic rings. The van der Waals surface area contributed by atoms with Crippen molar-refractivity contribution in [2.24, 2.45) is 0 Å². The fourth-order valence-corrected chi connectivity index (χ4v) is 4.73. The number of nitrogens with zero attached hydrogens (tertiary/aromatic N) is 1. The second kappa shape index (κ2) is 8.25. The quantitative estimate of drug-likeness (QED) is 0.267. The second-order valence-electron chi connectivity index (χ2n) is 10.1. The summed E-state index contributed by atoms with van der Waals surface area (Å²) in [5.41, 5.74) is 9.87. The van der Waals surface area contributed by atoms with E-state index in [-0.39, 0.29) is 5.41 Å². The van der Waals surface area contributed by atoms with Gasteiger partial charge in [0.2, 0.25) is 0 Å². The van der Waals surface area contributed by atoms with E-state index in [1.54, 1.807) is 0 Å². The van der Waals surface area contributed by atoms with Crippen LogP contribution in [0.1, 0.15) is 26.3 Å². The van der Waals surface area contributed by atoms with Crippen molar-refractivity contribution in [1.29, 1.82) is 0 Å². The van der Waals surface area contributed by atoms with Crippen LogP contribution in [0.3, 0.4) is 0 Å². The highest BCUT2D eigenvalue weighted by Gasteiger charge is 2.17. The maximum atomic E-state index is 6.41. The van der Waals surface area contributed by atoms with Gasteiger partial charge in [-0.2, -0.15) is 0 Å². The van der Waals surface area contributed by atoms with Gasteiger partial charge in [-0.05, 0) is 69.6 Å². The Kier molecular flexibility index (Phi) is 5.04. The van der Waals surface area contributed by atoms with Crippen LogP contribution in [0.4, 0.5) is 0 Å². The highest BCUT2D eigenvalue weighted by atomic mass is 16.3. The molecule has 4 aromatic carbocycles. The lowest BCUT2D eigenvalue weighted by Gasteiger charge is -2.19. The summed E-state index contributed by atoms with van der Waals surface area (Å²) in [6.45, 7) is 6.67. The number of rotatable bonds is 3. The molecule has 2 nitrogen and oxygen atoms in total. The Morgan fingerprint density at radius 3 is 2.11 bits per heavy atom. The first-order valence-electron chi connectivity index (χ1n) is 12.1. The normalized spacial score (nSPS) is 11.9. The minimum Gasteiger partial charge on any atom is -0.455 e. The zero-order chi connectivity index (χ0) is 24.0. The molecule has 0 N–H and O–H groups in total. The summed E-state index contributed by atoms with van der Waals surface area (Å²) in [6.07, 6.45) is 1.90. The van der Waals surface area contributed by atoms with Crippen molar-refractivity contribution in [3.8, 4) is 33.5 Å². The van der Waals surface area contributed by atoms with Gasteiger partial charge in [0, 0.05) is 22.5 Å². The number of aromatic nitrogens is 1. The van der Waals surface area contributed by atoms with E-state index in [0.29, 0.717) is 0 Å². The third-order valence-electron chi connectivity index (χ3n) is 6.70. The smallest absolute Gasteiger partial charge is 0.144 e. The maximum Gasteiger partial charge on any atom is 0.144 e. The fraction of sp³-hybridized carbons (Fsp3) is 0.121. The first-order chi connectivity index (χ1) is 17.0. The van der Waals surface area contributed by atoms with E-state index in [4.69, 9.17) is 4.42 Å². The average Bonchev–Trinajstić information content (AvgIpc) is 3.27. The van der Waals surface area contributed by atoms with Gasteiger partial charge < -0.3 is 4.42 Å². The summed E-state index contributed by atoms with van der Waals surface area (Å²) in [5.74, 6) is 0. The molecule has 0 aliphatic heterocycles. The summed E-state index contributed by atoms with van der Waals surface area (Å²) in [5, 5.41) is 2.23. The first-order valence-corrected chi connectivity index (χ1v) is 12.1. The highest BCUT2D eigenvalue weighted by Crippen LogP contribution is 2.38. The SMILES string of the molecule is CC(C)(C)c1ccnc(-c2cccc3c2oc2ccc(-c4cccc(-c5ccccc5)c4)cc23)c1. The van der Waals surface area contributed by atoms with E-state index in [9.17, 15) is 0 Å². The number of furan rings is 1. The first kappa shape index (κ1) is 21.4. The molecule has 0 saturated carbocycles. The molecule has 6 aromatic rings. The Labute approximate surface area is 205 Å². The summed E-state index contributed by atoms with van der Waals surface area (Å²) in [6, 6.07) is 36.3. The van der Waals surface area contributed by atoms with Gasteiger partial charge >= 0.3 is 0 Å². The molecule has 0 aliphatic carbocycles. The molecule has 0 bridgehead atoms. The van der Waals surface area contributed by atoms with E-state index in [0.717, 1.165) is 33.2 Å². The Morgan fingerprint density at radius 2 is 1.31 bits per heavy atom. The predicted octanol–water partition coefficient (Wildman–Crippen LogP) is 9.28. The van der Waals surface area contributed by atoms with Crippen molar-refractivity contribution in [2.75, 3.05) is 0 Å². The topological polar surface area (TPSA) is 26.0 Å². The Bertz CT molecular complexity index is 1670. The zero-order valence-electron chi connectivity index (χ0n) is 20.2. The van der Waals surface area contributed by atoms with Crippen LogP contribution in [-0.2, 0) is 5.41 Å². The highest BCUT2D eigenvalue weighted by molar-refractivity contribution is 6.10. The van der Waals surface area contributed by atoms with Crippen molar-refractivity contribution >= 4 is 21.9 Å². The van der Waals surface area contributed by atoms with Gasteiger partial charge in [0.15, 0.2) is 0 Å². The van der Waals surface area contributed by atoms with E-state index in [1.807, 2.05) is 6.20 Å². The molecular formula is C33H27NO. The number of benzene rings is 4. The number of fused-ring (bicyclic) bond motifs is 3. The van der Waals surface area contributed by atoms with Crippen LogP contribution < -0.4 is 0 Å². The lowest BCUT2D eigenvalue weighted by Crippen LogP contribution is -2.11. The number of hydrogen-bond acceptors (Lipinski definition) is 2. The predicted molar refractivity (Wildman–Crippen MR) is 147 cm³/mol. The van der Waals surface area contributed by atoms with E-state index >= 15 is 0 Å². The molecule has 35 heavy (non-hydrogen) atoms. The third kappa shape index (κ3) is 3.91. The molecular weight excluding hydrogens is 426 g/mol. The van der Waals surface area contributed by atoms with Crippen LogP contribution in [0, 0.1) is 0 Å². The molecule has 2 heterocycles. The van der Waals surface area contributed by atoms with Gasteiger partial charge in [-0.1, -0.05) is 87.5 Å². The summed E-state index contributed by atoms with van der Waals surface area (Å²) >= 11 is 0. The molecule has 6 rings (SSSR count). The molecule has 170 valence electrons. The van der Waals surface area contributed by atoms with Gasteiger partial charge in [-0.25, -0.2) is 0 Å². The summed E-state index contributed by atoms with van der Waals surface area (Å²) in [7, 11) is 0. The largest absolute Gasteiger partial charge is 0.455 e. The lowest BCUT2D eigenvalue weighted by molar-refractivity contribution is 0.589. The van der Waals surface area contributed by atoms with Crippen molar-refractivity contribution in [3.63, 3.8) is 0 Å². The number of para-hydroxylation sites is 1. The molecule has 0 atom stereocenters. The molecule has 0 amide bonds. The van der Waals surface area contributed by atoms with Gasteiger partial charge in [0.05, 0.1) is 5.69 Å². The van der Waals surface area contributed by atoms with Crippen LogP contribution in [0.15, 0.2) is 114 Å². The van der Waals surface area contributed by atoms with Gasteiger partial charge in [-0.15, -0.1) is 0 Å². The molecule has 0 saturated heterocycles. The maximum absolute atomic E-state index is 6.41. The monoisotopic (exact) mass is 453 g/mol. The zero-order valence-corrected chi connectivity index (χ0v) is 20.2. The molecule has 0 spiro atoms. The van der Waals surface area contributed by atoms with Gasteiger partial charge in [-0.3, -0.25) is 4.98 Å². The second-order valence-corrected chi connectivity index (χ2v) is 10.1. The van der Waals surface area contributed by atoms with Crippen molar-refractivity contribution in [3.05, 3.63) is 115 Å². The molecule has 0 radical (unpaired) electrons. The third-order valence-corrected chi connectivity index (χ3v) is 6.70. The van der Waals surface area contributed by atoms with E-state index < -0.39 is 0 Å². The Balaban J connectivity index is 1.48. The van der Waals surface area contributed by atoms with Crippen molar-refractivity contribution in [2.45, 2.75) is 26.2 Å². The molecule has 0 fully saturated rings. The molecule has 2 heteroatoms. The number of pyridine rings is 1. The van der Waals surface area contributed by atoms with E-state index in [2.05, 4.69) is 129 Å². The average molecular weight is 454 g/mol. The molecule has 0 unspecified atom stereocenters. The Morgan fingerprint density at radius 1 is 0.600 bits per heavy atom. The summed E-state index contributed by atoms with van der Waals surface area (Å²) in [4.78, 5) is 4.69. The van der Waals surface area contributed by atoms with Crippen LogP contribution in [0.25, 0.3) is 55.4 Å². The van der Waals surface area contributed by atoms with Gasteiger partial charge in [0.25, 0.3) is 0 Å². The minimum atomic E-state index is 0.0582. The molecule has 2 aromatic heterocycles. The Hall–Kier alpha value is -4.17. The van der Waals surface area contributed by atoms with Crippen molar-refractivity contribution in [1.82, 2.24) is 4.98 Å². The lowest BCUT2D eigenvalue weighted by atomic mass is 9.87. The van der Waals surface area contributed by atoms with Crippen LogP contribution in [-0.4, -0.2) is 4.98 Å². The fourth-order valence-electron chi connectivity index (χ4n) is 4.73. The van der Waals surface area contributed by atoms with Crippen molar-refractivity contribution < 1.29 is 4.42 Å². The minimum absolute atomic E-state index is 0.0582. The standard InChI is InChI=1S/C33H27NO/c1-33(2,3)26-17-18-34-30(21-26)28-14-8-13-27-29-20-25(15-16-31(29)35-32(27)28)24-12-7-11-23(19-24)22-9-5-4-6-10-22/h4-21H,1-3H3. The van der Waals surface area contributed by atoms with Crippen LogP contribution in [0.2, 0.25) is 0 Å². The van der Waals surface area contributed by atoms with Crippen LogP contribution >= 0.6 is 0 Å². The number of hydrogen-bond donors (Lipinski definition) is 0. The van der Waals surface area contributed by atoms with Gasteiger partial charge in [0.1, 0.15) is 11.2 Å². The van der Waals surface area contributed by atoms with E-state index in [1.165, 1.54) is 27.8 Å². The van der Waals surface area contributed by atoms with Crippen LogP contribution in [0.5, 0.6) is 0 Å². The summed E-state index contributed by atoms with van der Waals surface area (Å²) < 4.78 is 6.41.